The van der Waals surface area contributed by atoms with E-state index in [1.807, 2.05) is 0 Å². The summed E-state index contributed by atoms with van der Waals surface area (Å²) in [5.74, 6) is -1.19. The van der Waals surface area contributed by atoms with Crippen molar-refractivity contribution in [3.8, 4) is 0 Å². The van der Waals surface area contributed by atoms with E-state index in [-0.39, 0.29) is 11.3 Å². The van der Waals surface area contributed by atoms with Crippen molar-refractivity contribution in [2.75, 3.05) is 5.32 Å². The lowest BCUT2D eigenvalue weighted by atomic mass is 10.1. The minimum absolute atomic E-state index is 0.00769. The van der Waals surface area contributed by atoms with Crippen LogP contribution in [-0.2, 0) is 0 Å². The molecule has 0 aliphatic carbocycles. The minimum atomic E-state index is -1.12. The number of rotatable bonds is 3. The lowest BCUT2D eigenvalue weighted by Gasteiger charge is -2.08. The predicted molar refractivity (Wildman–Crippen MR) is 75.0 cm³/mol. The lowest BCUT2D eigenvalue weighted by Crippen LogP contribution is -2.16. The van der Waals surface area contributed by atoms with E-state index in [1.165, 1.54) is 12.1 Å². The first-order valence-electron chi connectivity index (χ1n) is 5.67. The van der Waals surface area contributed by atoms with Crippen molar-refractivity contribution in [2.24, 2.45) is 0 Å². The molecule has 0 radical (unpaired) electrons. The van der Waals surface area contributed by atoms with Gasteiger partial charge < -0.3 is 14.9 Å². The first kappa shape index (κ1) is 14.3. The summed E-state index contributed by atoms with van der Waals surface area (Å²) in [6.45, 7) is 3.26. The molecule has 1 heterocycles. The summed E-state index contributed by atoms with van der Waals surface area (Å²) in [7, 11) is 0. The number of carbonyl (C=O) groups is 2. The number of halogens is 1. The molecule has 0 aliphatic heterocycles. The first-order chi connectivity index (χ1) is 9.40. The Morgan fingerprint density at radius 1 is 1.35 bits per heavy atom. The first-order valence-corrected chi connectivity index (χ1v) is 6.46. The van der Waals surface area contributed by atoms with Crippen LogP contribution in [-0.4, -0.2) is 22.1 Å². The number of benzene rings is 1. The molecule has 20 heavy (non-hydrogen) atoms. The van der Waals surface area contributed by atoms with Gasteiger partial charge in [-0.3, -0.25) is 4.79 Å². The highest BCUT2D eigenvalue weighted by molar-refractivity contribution is 9.10. The van der Waals surface area contributed by atoms with Crippen molar-refractivity contribution >= 4 is 33.5 Å². The van der Waals surface area contributed by atoms with Gasteiger partial charge in [-0.2, -0.15) is 0 Å². The molecule has 0 saturated carbocycles. The second-order valence-electron chi connectivity index (χ2n) is 4.15. The van der Waals surface area contributed by atoms with Gasteiger partial charge in [0, 0.05) is 4.47 Å². The van der Waals surface area contributed by atoms with Crippen LogP contribution in [0.5, 0.6) is 0 Å². The normalized spacial score (nSPS) is 10.3. The quantitative estimate of drug-likeness (QED) is 0.897. The summed E-state index contributed by atoms with van der Waals surface area (Å²) in [4.78, 5) is 23.3. The van der Waals surface area contributed by atoms with Gasteiger partial charge in [-0.15, -0.1) is 0 Å². The topological polar surface area (TPSA) is 92.4 Å². The van der Waals surface area contributed by atoms with Crippen LogP contribution in [0, 0.1) is 13.8 Å². The third-order valence-electron chi connectivity index (χ3n) is 2.72. The number of carbonyl (C=O) groups excluding carboxylic acids is 1. The van der Waals surface area contributed by atoms with Gasteiger partial charge in [0.1, 0.15) is 11.3 Å². The van der Waals surface area contributed by atoms with E-state index in [1.54, 1.807) is 19.9 Å². The Bertz CT molecular complexity index is 674. The number of carboxylic acid groups (broad SMARTS) is 1. The predicted octanol–water partition coefficient (Wildman–Crippen LogP) is 3.00. The second-order valence-corrected chi connectivity index (χ2v) is 5.06. The number of nitrogens with zero attached hydrogens (tertiary/aromatic N) is 1. The zero-order valence-electron chi connectivity index (χ0n) is 10.7. The number of aryl methyl sites for hydroxylation is 2. The zero-order valence-corrected chi connectivity index (χ0v) is 12.3. The fourth-order valence-corrected chi connectivity index (χ4v) is 2.16. The zero-order chi connectivity index (χ0) is 14.9. The van der Waals surface area contributed by atoms with Crippen LogP contribution in [0.1, 0.15) is 32.2 Å². The molecule has 2 aromatic rings. The van der Waals surface area contributed by atoms with Crippen LogP contribution in [0.3, 0.4) is 0 Å². The molecule has 0 saturated heterocycles. The molecule has 2 N–H and O–H groups in total. The molecular weight excluding hydrogens is 328 g/mol. The maximum absolute atomic E-state index is 12.2. The summed E-state index contributed by atoms with van der Waals surface area (Å²) >= 11 is 3.24. The Morgan fingerprint density at radius 3 is 2.60 bits per heavy atom. The number of aromatic carboxylic acids is 1. The van der Waals surface area contributed by atoms with Crippen LogP contribution < -0.4 is 5.32 Å². The average Bonchev–Trinajstić information content (AvgIpc) is 2.68. The third kappa shape index (κ3) is 2.72. The molecule has 0 fully saturated rings. The van der Waals surface area contributed by atoms with Gasteiger partial charge in [-0.25, -0.2) is 4.79 Å². The summed E-state index contributed by atoms with van der Waals surface area (Å²) in [5.41, 5.74) is 0.971. The molecule has 0 spiro atoms. The summed E-state index contributed by atoms with van der Waals surface area (Å²) < 4.78 is 5.58. The van der Waals surface area contributed by atoms with Gasteiger partial charge in [0.05, 0.1) is 16.9 Å². The van der Waals surface area contributed by atoms with E-state index in [9.17, 15) is 9.59 Å². The molecular formula is C13H11BrN2O4. The van der Waals surface area contributed by atoms with Crippen molar-refractivity contribution in [1.82, 2.24) is 5.16 Å². The molecule has 6 nitrogen and oxygen atoms in total. The Balaban J connectivity index is 2.37. The molecule has 7 heteroatoms. The van der Waals surface area contributed by atoms with Gasteiger partial charge in [-0.05, 0) is 32.0 Å². The molecule has 2 rings (SSSR count). The monoisotopic (exact) mass is 338 g/mol. The van der Waals surface area contributed by atoms with Crippen molar-refractivity contribution < 1.29 is 19.2 Å². The number of anilines is 1. The average molecular weight is 339 g/mol. The Hall–Kier alpha value is -2.15. The number of hydrogen-bond acceptors (Lipinski definition) is 4. The van der Waals surface area contributed by atoms with Gasteiger partial charge in [0.2, 0.25) is 0 Å². The molecule has 0 unspecified atom stereocenters. The standard InChI is InChI=1S/C13H11BrN2O4/c1-6-11(7(2)20-16-6)12(17)15-10-5-8(14)3-4-9(10)13(18)19/h3-5H,1-2H3,(H,15,17)(H,18,19). The molecule has 104 valence electrons. The van der Waals surface area contributed by atoms with E-state index in [4.69, 9.17) is 9.63 Å². The summed E-state index contributed by atoms with van der Waals surface area (Å²) in [5, 5.41) is 15.4. The number of nitrogens with one attached hydrogen (secondary N) is 1. The maximum atomic E-state index is 12.2. The van der Waals surface area contributed by atoms with E-state index < -0.39 is 11.9 Å². The van der Waals surface area contributed by atoms with E-state index in [0.717, 1.165) is 0 Å². The highest BCUT2D eigenvalue weighted by Crippen LogP contribution is 2.23. The highest BCUT2D eigenvalue weighted by atomic mass is 79.9. The number of amides is 1. The van der Waals surface area contributed by atoms with Crippen molar-refractivity contribution in [3.05, 3.63) is 45.3 Å². The molecule has 1 aromatic carbocycles. The fraction of sp³-hybridized carbons (Fsp3) is 0.154. The fourth-order valence-electron chi connectivity index (χ4n) is 1.80. The third-order valence-corrected chi connectivity index (χ3v) is 3.21. The molecule has 0 bridgehead atoms. The Morgan fingerprint density at radius 2 is 2.05 bits per heavy atom. The molecule has 1 amide bonds. The number of carboxylic acids is 1. The van der Waals surface area contributed by atoms with Crippen LogP contribution in [0.4, 0.5) is 5.69 Å². The SMILES string of the molecule is Cc1noc(C)c1C(=O)Nc1cc(Br)ccc1C(=O)O. The van der Waals surface area contributed by atoms with Gasteiger partial charge in [0.25, 0.3) is 5.91 Å². The minimum Gasteiger partial charge on any atom is -0.478 e. The molecule has 1 aromatic heterocycles. The van der Waals surface area contributed by atoms with Gasteiger partial charge in [-0.1, -0.05) is 21.1 Å². The van der Waals surface area contributed by atoms with Crippen LogP contribution >= 0.6 is 15.9 Å². The van der Waals surface area contributed by atoms with Gasteiger partial charge >= 0.3 is 5.97 Å². The maximum Gasteiger partial charge on any atom is 0.337 e. The number of hydrogen-bond donors (Lipinski definition) is 2. The Kier molecular flexibility index (Phi) is 3.89. The highest BCUT2D eigenvalue weighted by Gasteiger charge is 2.20. The molecule has 0 atom stereocenters. The summed E-state index contributed by atoms with van der Waals surface area (Å²) in [6, 6.07) is 4.53. The van der Waals surface area contributed by atoms with Gasteiger partial charge in [0.15, 0.2) is 0 Å². The second kappa shape index (κ2) is 5.46. The van der Waals surface area contributed by atoms with Crippen LogP contribution in [0.2, 0.25) is 0 Å². The lowest BCUT2D eigenvalue weighted by molar-refractivity contribution is 0.0698. The molecule has 0 aliphatic rings. The Labute approximate surface area is 122 Å². The van der Waals surface area contributed by atoms with Crippen molar-refractivity contribution in [2.45, 2.75) is 13.8 Å². The summed E-state index contributed by atoms with van der Waals surface area (Å²) in [6.07, 6.45) is 0. The van der Waals surface area contributed by atoms with E-state index in [2.05, 4.69) is 26.4 Å². The van der Waals surface area contributed by atoms with Crippen molar-refractivity contribution in [1.29, 1.82) is 0 Å². The number of aromatic nitrogens is 1. The van der Waals surface area contributed by atoms with E-state index in [0.29, 0.717) is 21.5 Å². The largest absolute Gasteiger partial charge is 0.478 e. The van der Waals surface area contributed by atoms with Crippen LogP contribution in [0.25, 0.3) is 0 Å². The van der Waals surface area contributed by atoms with Crippen molar-refractivity contribution in [3.63, 3.8) is 0 Å². The van der Waals surface area contributed by atoms with Crippen LogP contribution in [0.15, 0.2) is 27.2 Å². The van der Waals surface area contributed by atoms with E-state index >= 15 is 0 Å². The smallest absolute Gasteiger partial charge is 0.337 e.